The molecular formula is C8H13NO2. The minimum absolute atomic E-state index is 0.0556. The van der Waals surface area contributed by atoms with Crippen molar-refractivity contribution in [1.29, 1.82) is 0 Å². The summed E-state index contributed by atoms with van der Waals surface area (Å²) in [5, 5.41) is 8.91. The van der Waals surface area contributed by atoms with Gasteiger partial charge in [0.1, 0.15) is 0 Å². The van der Waals surface area contributed by atoms with Gasteiger partial charge in [-0.1, -0.05) is 26.0 Å². The van der Waals surface area contributed by atoms with Crippen LogP contribution in [0.25, 0.3) is 0 Å². The predicted octanol–water partition coefficient (Wildman–Crippen LogP) is 1.67. The minimum Gasteiger partial charge on any atom is -0.504 e. The van der Waals surface area contributed by atoms with Crippen molar-refractivity contribution in [3.8, 4) is 11.5 Å². The van der Waals surface area contributed by atoms with Crippen molar-refractivity contribution >= 4 is 0 Å². The Morgan fingerprint density at radius 3 is 2.18 bits per heavy atom. The monoisotopic (exact) mass is 155 g/mol. The van der Waals surface area contributed by atoms with Crippen LogP contribution in [0, 0.1) is 0 Å². The van der Waals surface area contributed by atoms with Gasteiger partial charge in [-0.2, -0.15) is 5.90 Å². The molecule has 0 aromatic heterocycles. The van der Waals surface area contributed by atoms with Crippen molar-refractivity contribution < 1.29 is 9.94 Å². The lowest BCUT2D eigenvalue weighted by Gasteiger charge is -1.98. The molecule has 0 heterocycles. The Balaban J connectivity index is 0.000000461. The van der Waals surface area contributed by atoms with E-state index in [2.05, 4.69) is 4.84 Å². The number of hydrogen-bond acceptors (Lipinski definition) is 3. The molecule has 0 atom stereocenters. The van der Waals surface area contributed by atoms with Crippen LogP contribution < -0.4 is 10.7 Å². The highest BCUT2D eigenvalue weighted by Gasteiger charge is 1.95. The Kier molecular flexibility index (Phi) is 4.94. The number of hydrogen-bond donors (Lipinski definition) is 2. The number of para-hydroxylation sites is 2. The van der Waals surface area contributed by atoms with Gasteiger partial charge in [0, 0.05) is 0 Å². The molecule has 0 saturated heterocycles. The zero-order chi connectivity index (χ0) is 8.69. The molecule has 3 nitrogen and oxygen atoms in total. The molecule has 0 amide bonds. The summed E-state index contributed by atoms with van der Waals surface area (Å²) in [6.45, 7) is 4.00. The Bertz CT molecular complexity index is 201. The smallest absolute Gasteiger partial charge is 0.188 e. The SMILES string of the molecule is CC.NOc1ccccc1O. The van der Waals surface area contributed by atoms with E-state index < -0.39 is 0 Å². The molecule has 62 valence electrons. The van der Waals surface area contributed by atoms with Crippen LogP contribution in [-0.4, -0.2) is 5.11 Å². The maximum Gasteiger partial charge on any atom is 0.188 e. The molecule has 3 heteroatoms. The number of aromatic hydroxyl groups is 1. The van der Waals surface area contributed by atoms with Crippen LogP contribution in [0.2, 0.25) is 0 Å². The Labute approximate surface area is 66.4 Å². The Morgan fingerprint density at radius 2 is 1.82 bits per heavy atom. The topological polar surface area (TPSA) is 55.5 Å². The molecule has 0 spiro atoms. The molecule has 0 radical (unpaired) electrons. The average Bonchev–Trinajstić information content (AvgIpc) is 2.09. The lowest BCUT2D eigenvalue weighted by Crippen LogP contribution is -2.01. The molecule has 1 rings (SSSR count). The van der Waals surface area contributed by atoms with E-state index in [0.29, 0.717) is 0 Å². The van der Waals surface area contributed by atoms with Gasteiger partial charge in [0.25, 0.3) is 0 Å². The first kappa shape index (κ1) is 9.78. The molecule has 1 aromatic carbocycles. The Morgan fingerprint density at radius 1 is 1.27 bits per heavy atom. The molecule has 0 unspecified atom stereocenters. The normalized spacial score (nSPS) is 7.91. The zero-order valence-electron chi connectivity index (χ0n) is 6.74. The van der Waals surface area contributed by atoms with E-state index in [4.69, 9.17) is 11.0 Å². The molecule has 11 heavy (non-hydrogen) atoms. The first-order valence-corrected chi connectivity index (χ1v) is 3.49. The van der Waals surface area contributed by atoms with E-state index in [1.807, 2.05) is 13.8 Å². The third-order valence-corrected chi connectivity index (χ3v) is 0.992. The number of phenolic OH excluding ortho intramolecular Hbond substituents is 1. The third kappa shape index (κ3) is 2.91. The molecular weight excluding hydrogens is 142 g/mol. The van der Waals surface area contributed by atoms with E-state index >= 15 is 0 Å². The average molecular weight is 155 g/mol. The number of benzene rings is 1. The second kappa shape index (κ2) is 5.56. The summed E-state index contributed by atoms with van der Waals surface area (Å²) in [7, 11) is 0. The second-order valence-corrected chi connectivity index (χ2v) is 1.59. The maximum atomic E-state index is 8.91. The van der Waals surface area contributed by atoms with Gasteiger partial charge in [-0.05, 0) is 12.1 Å². The lowest BCUT2D eigenvalue weighted by molar-refractivity contribution is 0.313. The highest BCUT2D eigenvalue weighted by atomic mass is 16.6. The van der Waals surface area contributed by atoms with E-state index in [1.165, 1.54) is 6.07 Å². The fourth-order valence-corrected chi connectivity index (χ4v) is 0.557. The van der Waals surface area contributed by atoms with Gasteiger partial charge in [0.05, 0.1) is 0 Å². The summed E-state index contributed by atoms with van der Waals surface area (Å²) in [5.74, 6) is 5.14. The van der Waals surface area contributed by atoms with Crippen molar-refractivity contribution in [3.05, 3.63) is 24.3 Å². The van der Waals surface area contributed by atoms with E-state index in [0.717, 1.165) is 0 Å². The van der Waals surface area contributed by atoms with Crippen LogP contribution in [0.4, 0.5) is 0 Å². The highest BCUT2D eigenvalue weighted by molar-refractivity contribution is 5.37. The van der Waals surface area contributed by atoms with E-state index in [1.54, 1.807) is 18.2 Å². The summed E-state index contributed by atoms with van der Waals surface area (Å²) in [5.41, 5.74) is 0. The van der Waals surface area contributed by atoms with Crippen LogP contribution in [0.1, 0.15) is 13.8 Å². The molecule has 0 aliphatic rings. The van der Waals surface area contributed by atoms with Crippen molar-refractivity contribution in [3.63, 3.8) is 0 Å². The van der Waals surface area contributed by atoms with Gasteiger partial charge in [-0.3, -0.25) is 0 Å². The number of phenols is 1. The predicted molar refractivity (Wildman–Crippen MR) is 44.3 cm³/mol. The van der Waals surface area contributed by atoms with Gasteiger partial charge < -0.3 is 9.94 Å². The van der Waals surface area contributed by atoms with Crippen molar-refractivity contribution in [1.82, 2.24) is 0 Å². The summed E-state index contributed by atoms with van der Waals surface area (Å²) in [6.07, 6.45) is 0. The fraction of sp³-hybridized carbons (Fsp3) is 0.250. The van der Waals surface area contributed by atoms with Gasteiger partial charge in [-0.15, -0.1) is 0 Å². The Hall–Kier alpha value is -1.22. The lowest BCUT2D eigenvalue weighted by atomic mass is 10.3. The summed E-state index contributed by atoms with van der Waals surface area (Å²) >= 11 is 0. The van der Waals surface area contributed by atoms with Gasteiger partial charge in [0.15, 0.2) is 11.5 Å². The second-order valence-electron chi connectivity index (χ2n) is 1.59. The van der Waals surface area contributed by atoms with E-state index in [-0.39, 0.29) is 11.5 Å². The third-order valence-electron chi connectivity index (χ3n) is 0.992. The van der Waals surface area contributed by atoms with Crippen LogP contribution in [0.15, 0.2) is 24.3 Å². The highest BCUT2D eigenvalue weighted by Crippen LogP contribution is 2.22. The van der Waals surface area contributed by atoms with Crippen molar-refractivity contribution in [2.24, 2.45) is 5.90 Å². The van der Waals surface area contributed by atoms with Crippen LogP contribution in [0.5, 0.6) is 11.5 Å². The van der Waals surface area contributed by atoms with E-state index in [9.17, 15) is 0 Å². The van der Waals surface area contributed by atoms with Crippen LogP contribution >= 0.6 is 0 Å². The van der Waals surface area contributed by atoms with Gasteiger partial charge in [-0.25, -0.2) is 0 Å². The van der Waals surface area contributed by atoms with Crippen LogP contribution in [-0.2, 0) is 0 Å². The molecule has 1 aromatic rings. The number of rotatable bonds is 1. The summed E-state index contributed by atoms with van der Waals surface area (Å²) < 4.78 is 0. The number of nitrogens with two attached hydrogens (primary N) is 1. The first-order valence-electron chi connectivity index (χ1n) is 3.49. The molecule has 3 N–H and O–H groups in total. The summed E-state index contributed by atoms with van der Waals surface area (Å²) in [6, 6.07) is 6.50. The van der Waals surface area contributed by atoms with Gasteiger partial charge in [0.2, 0.25) is 0 Å². The standard InChI is InChI=1S/C6H7NO2.C2H6/c7-9-6-4-2-1-3-5(6)8;1-2/h1-4,8H,7H2;1-2H3. The molecule has 0 aliphatic carbocycles. The van der Waals surface area contributed by atoms with Crippen LogP contribution in [0.3, 0.4) is 0 Å². The van der Waals surface area contributed by atoms with Gasteiger partial charge >= 0.3 is 0 Å². The fourth-order valence-electron chi connectivity index (χ4n) is 0.557. The molecule has 0 aliphatic heterocycles. The molecule has 0 fully saturated rings. The quantitative estimate of drug-likeness (QED) is 0.606. The summed E-state index contributed by atoms with van der Waals surface area (Å²) in [4.78, 5) is 4.29. The first-order chi connectivity index (χ1) is 5.34. The van der Waals surface area contributed by atoms with Crippen molar-refractivity contribution in [2.45, 2.75) is 13.8 Å². The molecule has 0 saturated carbocycles. The minimum atomic E-state index is 0.0556. The van der Waals surface area contributed by atoms with Crippen molar-refractivity contribution in [2.75, 3.05) is 0 Å². The maximum absolute atomic E-state index is 8.91. The largest absolute Gasteiger partial charge is 0.504 e. The zero-order valence-corrected chi connectivity index (χ0v) is 6.74. The molecule has 0 bridgehead atoms.